The number of nitrogens with one attached hydrogen (secondary N) is 1. The molecule has 8 heteroatoms. The van der Waals surface area contributed by atoms with Gasteiger partial charge in [-0.2, -0.15) is 13.2 Å². The molecular formula is C26H28F3NO4. The fourth-order valence-corrected chi connectivity index (χ4v) is 6.80. The molecule has 5 nitrogen and oxygen atoms in total. The minimum Gasteiger partial charge on any atom is -0.450 e. The highest BCUT2D eigenvalue weighted by atomic mass is 19.4. The zero-order valence-corrected chi connectivity index (χ0v) is 19.0. The zero-order chi connectivity index (χ0) is 24.1. The van der Waals surface area contributed by atoms with E-state index in [-0.39, 0.29) is 34.4 Å². The summed E-state index contributed by atoms with van der Waals surface area (Å²) in [6.45, 7) is 1.62. The van der Waals surface area contributed by atoms with Crippen LogP contribution in [0.25, 0.3) is 11.3 Å². The molecule has 1 amide bonds. The number of hydrogen-bond acceptors (Lipinski definition) is 4. The third kappa shape index (κ3) is 4.46. The van der Waals surface area contributed by atoms with E-state index in [4.69, 9.17) is 9.15 Å². The SMILES string of the molecule is CC(NC(=O)COC(=O)c1ccc(-c2cccc(C(F)(F)F)c2)o1)C12CC3CC(CC(C3)C1)C2. The van der Waals surface area contributed by atoms with Crippen LogP contribution >= 0.6 is 0 Å². The molecule has 0 spiro atoms. The largest absolute Gasteiger partial charge is 0.450 e. The molecule has 1 aromatic carbocycles. The van der Waals surface area contributed by atoms with Crippen molar-refractivity contribution < 1.29 is 31.9 Å². The number of benzene rings is 1. The lowest BCUT2D eigenvalue weighted by Gasteiger charge is -2.59. The topological polar surface area (TPSA) is 68.5 Å². The quantitative estimate of drug-likeness (QED) is 0.533. The highest BCUT2D eigenvalue weighted by Crippen LogP contribution is 2.61. The van der Waals surface area contributed by atoms with E-state index in [0.717, 1.165) is 49.1 Å². The van der Waals surface area contributed by atoms with Crippen LogP contribution < -0.4 is 5.32 Å². The van der Waals surface area contributed by atoms with Crippen molar-refractivity contribution in [2.24, 2.45) is 23.2 Å². The Labute approximate surface area is 196 Å². The number of alkyl halides is 3. The molecule has 2 aromatic rings. The predicted molar refractivity (Wildman–Crippen MR) is 118 cm³/mol. The van der Waals surface area contributed by atoms with E-state index in [1.54, 1.807) is 0 Å². The lowest BCUT2D eigenvalue weighted by atomic mass is 9.48. The molecule has 1 N–H and O–H groups in total. The number of carbonyl (C=O) groups excluding carboxylic acids is 2. The van der Waals surface area contributed by atoms with Crippen molar-refractivity contribution in [2.75, 3.05) is 6.61 Å². The van der Waals surface area contributed by atoms with Gasteiger partial charge < -0.3 is 14.5 Å². The molecule has 4 aliphatic carbocycles. The number of amides is 1. The summed E-state index contributed by atoms with van der Waals surface area (Å²) in [5, 5.41) is 3.04. The van der Waals surface area contributed by atoms with Gasteiger partial charge >= 0.3 is 12.1 Å². The summed E-state index contributed by atoms with van der Waals surface area (Å²) in [4.78, 5) is 24.9. The van der Waals surface area contributed by atoms with Gasteiger partial charge in [0.05, 0.1) is 5.56 Å². The number of furan rings is 1. The third-order valence-electron chi connectivity index (χ3n) is 8.00. The van der Waals surface area contributed by atoms with Crippen molar-refractivity contribution >= 4 is 11.9 Å². The average molecular weight is 476 g/mol. The van der Waals surface area contributed by atoms with Crippen molar-refractivity contribution in [1.29, 1.82) is 0 Å². The highest BCUT2D eigenvalue weighted by molar-refractivity contribution is 5.89. The second-order valence-electron chi connectivity index (χ2n) is 10.4. The summed E-state index contributed by atoms with van der Waals surface area (Å²) in [6.07, 6.45) is 2.96. The number of rotatable bonds is 6. The van der Waals surface area contributed by atoms with Crippen molar-refractivity contribution in [1.82, 2.24) is 5.32 Å². The summed E-state index contributed by atoms with van der Waals surface area (Å²) in [7, 11) is 0. The normalized spacial score (nSPS) is 28.5. The summed E-state index contributed by atoms with van der Waals surface area (Å²) in [5.74, 6) is 1.06. The maximum atomic E-state index is 12.9. The Bertz CT molecular complexity index is 1050. The Morgan fingerprint density at radius 3 is 2.35 bits per heavy atom. The fourth-order valence-electron chi connectivity index (χ4n) is 6.80. The summed E-state index contributed by atoms with van der Waals surface area (Å²) in [5.41, 5.74) is -0.471. The number of hydrogen-bond donors (Lipinski definition) is 1. The number of carbonyl (C=O) groups is 2. The molecule has 0 radical (unpaired) electrons. The van der Waals surface area contributed by atoms with E-state index in [2.05, 4.69) is 12.2 Å². The molecule has 182 valence electrons. The van der Waals surface area contributed by atoms with Gasteiger partial charge in [0.15, 0.2) is 6.61 Å². The van der Waals surface area contributed by atoms with Gasteiger partial charge in [-0.15, -0.1) is 0 Å². The molecule has 34 heavy (non-hydrogen) atoms. The van der Waals surface area contributed by atoms with Crippen LogP contribution in [-0.4, -0.2) is 24.5 Å². The Morgan fingerprint density at radius 2 is 1.74 bits per heavy atom. The van der Waals surface area contributed by atoms with Crippen LogP contribution in [-0.2, 0) is 15.7 Å². The highest BCUT2D eigenvalue weighted by Gasteiger charge is 2.53. The second kappa shape index (κ2) is 8.47. The van der Waals surface area contributed by atoms with E-state index in [1.807, 2.05) is 0 Å². The first kappa shape index (κ1) is 23.0. The zero-order valence-electron chi connectivity index (χ0n) is 19.0. The average Bonchev–Trinajstić information content (AvgIpc) is 3.26. The Morgan fingerprint density at radius 1 is 1.09 bits per heavy atom. The Hall–Kier alpha value is -2.77. The van der Waals surface area contributed by atoms with Crippen LogP contribution in [0.3, 0.4) is 0 Å². The molecule has 4 bridgehead atoms. The van der Waals surface area contributed by atoms with Gasteiger partial charge in [0, 0.05) is 11.6 Å². The van der Waals surface area contributed by atoms with Gasteiger partial charge in [-0.3, -0.25) is 4.79 Å². The Balaban J connectivity index is 1.16. The molecule has 1 unspecified atom stereocenters. The molecule has 4 aliphatic rings. The molecule has 1 atom stereocenters. The predicted octanol–water partition coefficient (Wildman–Crippen LogP) is 5.84. The van der Waals surface area contributed by atoms with Crippen molar-refractivity contribution in [2.45, 2.75) is 57.7 Å². The molecule has 0 aliphatic heterocycles. The maximum absolute atomic E-state index is 12.9. The second-order valence-corrected chi connectivity index (χ2v) is 10.4. The molecule has 4 fully saturated rings. The van der Waals surface area contributed by atoms with Crippen molar-refractivity contribution in [3.8, 4) is 11.3 Å². The van der Waals surface area contributed by atoms with E-state index in [9.17, 15) is 22.8 Å². The summed E-state index contributed by atoms with van der Waals surface area (Å²) in [6, 6.07) is 7.40. The molecule has 6 rings (SSSR count). The van der Waals surface area contributed by atoms with Crippen LogP contribution in [0.2, 0.25) is 0 Å². The van der Waals surface area contributed by atoms with Gasteiger partial charge in [0.25, 0.3) is 5.91 Å². The van der Waals surface area contributed by atoms with Crippen molar-refractivity contribution in [3.05, 3.63) is 47.7 Å². The minimum atomic E-state index is -4.48. The number of halogens is 3. The standard InChI is InChI=1S/C26H28F3NO4/c1-15(25-11-16-7-17(12-25)9-18(8-16)13-25)30-23(31)14-33-24(32)22-6-5-21(34-22)19-3-2-4-20(10-19)26(27,28)29/h2-6,10,15-18H,7-9,11-14H2,1H3,(H,30,31). The monoisotopic (exact) mass is 475 g/mol. The van der Waals surface area contributed by atoms with E-state index < -0.39 is 24.3 Å². The van der Waals surface area contributed by atoms with Gasteiger partial charge in [-0.1, -0.05) is 12.1 Å². The van der Waals surface area contributed by atoms with Crippen LogP contribution in [0.5, 0.6) is 0 Å². The summed E-state index contributed by atoms with van der Waals surface area (Å²) < 4.78 is 49.4. The van der Waals surface area contributed by atoms with Gasteiger partial charge in [-0.05, 0) is 92.9 Å². The van der Waals surface area contributed by atoms with Crippen LogP contribution in [0.1, 0.15) is 61.6 Å². The van der Waals surface area contributed by atoms with Crippen LogP contribution in [0.15, 0.2) is 40.8 Å². The first-order valence-electron chi connectivity index (χ1n) is 11.9. The lowest BCUT2D eigenvalue weighted by molar-refractivity contribution is -0.137. The van der Waals surface area contributed by atoms with Crippen molar-refractivity contribution in [3.63, 3.8) is 0 Å². The molecule has 0 saturated heterocycles. The number of esters is 1. The Kier molecular flexibility index (Phi) is 5.73. The van der Waals surface area contributed by atoms with E-state index >= 15 is 0 Å². The first-order valence-corrected chi connectivity index (χ1v) is 11.9. The van der Waals surface area contributed by atoms with Crippen LogP contribution in [0.4, 0.5) is 13.2 Å². The smallest absolute Gasteiger partial charge is 0.416 e. The number of ether oxygens (including phenoxy) is 1. The maximum Gasteiger partial charge on any atom is 0.416 e. The molecule has 1 heterocycles. The van der Waals surface area contributed by atoms with Crippen LogP contribution in [0, 0.1) is 23.2 Å². The first-order chi connectivity index (χ1) is 16.1. The van der Waals surface area contributed by atoms with Gasteiger partial charge in [0.1, 0.15) is 5.76 Å². The molecule has 1 aromatic heterocycles. The molecule has 4 saturated carbocycles. The lowest BCUT2D eigenvalue weighted by Crippen LogP contribution is -2.56. The fraction of sp³-hybridized carbons (Fsp3) is 0.538. The third-order valence-corrected chi connectivity index (χ3v) is 8.00. The van der Waals surface area contributed by atoms with E-state index in [1.165, 1.54) is 43.5 Å². The molecular weight excluding hydrogens is 447 g/mol. The van der Waals surface area contributed by atoms with E-state index in [0.29, 0.717) is 0 Å². The minimum absolute atomic E-state index is 0.0169. The summed E-state index contributed by atoms with van der Waals surface area (Å²) >= 11 is 0. The van der Waals surface area contributed by atoms with Gasteiger partial charge in [0.2, 0.25) is 5.76 Å². The van der Waals surface area contributed by atoms with Gasteiger partial charge in [-0.25, -0.2) is 4.79 Å².